The molecule has 2 aromatic carbocycles. The van der Waals surface area contributed by atoms with Crippen molar-refractivity contribution in [3.63, 3.8) is 0 Å². The van der Waals surface area contributed by atoms with Gasteiger partial charge in [-0.25, -0.2) is 4.79 Å². The summed E-state index contributed by atoms with van der Waals surface area (Å²) in [4.78, 5) is 22.0. The van der Waals surface area contributed by atoms with E-state index in [9.17, 15) is 9.90 Å². The first-order chi connectivity index (χ1) is 19.4. The number of carbonyl (C=O) groups is 1. The number of hydrogen-bond donors (Lipinski definition) is 2. The molecular formula is C32H41N3O4Si. The van der Waals surface area contributed by atoms with E-state index in [4.69, 9.17) is 9.16 Å². The van der Waals surface area contributed by atoms with Crippen LogP contribution in [0.1, 0.15) is 51.3 Å². The fourth-order valence-electron chi connectivity index (χ4n) is 5.80. The standard InChI is InChI=1S/C32H41N3O4Si/c1-6-35(31(36)37)24(5)32(26-17-14-20-33-21-26,39-40(7-2,8-3)9-4)28-22-34-30-27(28)18-13-19-29(30)38-23-25-15-11-10-12-16-25/h10-22,24,34H,6-9,23H2,1-5H3,(H,36,37)/t24-,32+/m1/s1. The summed E-state index contributed by atoms with van der Waals surface area (Å²) in [5, 5.41) is 11.2. The summed E-state index contributed by atoms with van der Waals surface area (Å²) in [6.45, 7) is 11.2. The van der Waals surface area contributed by atoms with Crippen molar-refractivity contribution < 1.29 is 19.1 Å². The monoisotopic (exact) mass is 559 g/mol. The molecule has 40 heavy (non-hydrogen) atoms. The number of H-pyrrole nitrogens is 1. The Morgan fingerprint density at radius 2 is 1.75 bits per heavy atom. The Kier molecular flexibility index (Phi) is 9.32. The van der Waals surface area contributed by atoms with Crippen LogP contribution in [0.4, 0.5) is 4.79 Å². The SMILES string of the molecule is CCN(C(=O)O)[C@H](C)[C@](O[Si](CC)(CC)CC)(c1cccnc1)c1c[nH]c2c(OCc3ccccc3)cccc12. The van der Waals surface area contributed by atoms with Gasteiger partial charge >= 0.3 is 6.09 Å². The third-order valence-corrected chi connectivity index (χ3v) is 13.0. The Balaban J connectivity index is 1.96. The molecular weight excluding hydrogens is 518 g/mol. The lowest BCUT2D eigenvalue weighted by Gasteiger charge is -2.48. The second kappa shape index (κ2) is 12.7. The van der Waals surface area contributed by atoms with Crippen molar-refractivity contribution in [2.45, 2.75) is 71.0 Å². The lowest BCUT2D eigenvalue weighted by molar-refractivity contribution is 0.00664. The number of nitrogens with zero attached hydrogens (tertiary/aromatic N) is 2. The highest BCUT2D eigenvalue weighted by molar-refractivity contribution is 6.73. The summed E-state index contributed by atoms with van der Waals surface area (Å²) < 4.78 is 13.8. The zero-order chi connectivity index (χ0) is 28.8. The van der Waals surface area contributed by atoms with Crippen molar-refractivity contribution in [1.82, 2.24) is 14.9 Å². The number of benzene rings is 2. The van der Waals surface area contributed by atoms with Crippen LogP contribution in [0.5, 0.6) is 5.75 Å². The third kappa shape index (κ3) is 5.51. The molecule has 0 radical (unpaired) electrons. The Morgan fingerprint density at radius 3 is 2.35 bits per heavy atom. The number of amides is 1. The highest BCUT2D eigenvalue weighted by Gasteiger charge is 2.51. The molecule has 0 aliphatic rings. The number of rotatable bonds is 13. The third-order valence-electron chi connectivity index (χ3n) is 8.36. The Bertz CT molecular complexity index is 1380. The van der Waals surface area contributed by atoms with Gasteiger partial charge < -0.3 is 24.2 Å². The van der Waals surface area contributed by atoms with Gasteiger partial charge in [0, 0.05) is 41.6 Å². The lowest BCUT2D eigenvalue weighted by atomic mass is 9.80. The van der Waals surface area contributed by atoms with Gasteiger partial charge in [0.15, 0.2) is 8.32 Å². The van der Waals surface area contributed by atoms with Gasteiger partial charge in [0.25, 0.3) is 0 Å². The predicted molar refractivity (Wildman–Crippen MR) is 162 cm³/mol. The van der Waals surface area contributed by atoms with Crippen LogP contribution in [-0.2, 0) is 16.6 Å². The highest BCUT2D eigenvalue weighted by atomic mass is 28.4. The number of pyridine rings is 1. The number of fused-ring (bicyclic) bond motifs is 1. The molecule has 0 saturated heterocycles. The Labute approximate surface area is 238 Å². The molecule has 1 amide bonds. The number of para-hydroxylation sites is 1. The van der Waals surface area contributed by atoms with E-state index in [-0.39, 0.29) is 0 Å². The van der Waals surface area contributed by atoms with Crippen molar-refractivity contribution in [3.05, 3.63) is 95.9 Å². The fraction of sp³-hybridized carbons (Fsp3) is 0.375. The van der Waals surface area contributed by atoms with Gasteiger partial charge in [-0.15, -0.1) is 0 Å². The molecule has 0 spiro atoms. The van der Waals surface area contributed by atoms with Crippen molar-refractivity contribution in [2.75, 3.05) is 6.54 Å². The minimum absolute atomic E-state index is 0.328. The molecule has 0 saturated carbocycles. The molecule has 4 aromatic rings. The van der Waals surface area contributed by atoms with E-state index in [2.05, 4.69) is 36.8 Å². The van der Waals surface area contributed by atoms with E-state index in [0.717, 1.165) is 51.5 Å². The van der Waals surface area contributed by atoms with Crippen LogP contribution >= 0.6 is 0 Å². The second-order valence-electron chi connectivity index (χ2n) is 10.2. The first-order valence-electron chi connectivity index (χ1n) is 14.2. The summed E-state index contributed by atoms with van der Waals surface area (Å²) in [5.41, 5.74) is 2.57. The first kappa shape index (κ1) is 29.4. The maximum Gasteiger partial charge on any atom is 0.407 e. The molecule has 4 rings (SSSR count). The lowest BCUT2D eigenvalue weighted by Crippen LogP contribution is -2.57. The first-order valence-corrected chi connectivity index (χ1v) is 16.8. The number of ether oxygens (including phenoxy) is 1. The van der Waals surface area contributed by atoms with E-state index in [1.807, 2.05) is 80.8 Å². The Hall–Kier alpha value is -3.62. The molecule has 0 aliphatic carbocycles. The van der Waals surface area contributed by atoms with Crippen LogP contribution in [0, 0.1) is 0 Å². The Morgan fingerprint density at radius 1 is 1.02 bits per heavy atom. The average Bonchev–Trinajstić information content (AvgIpc) is 3.44. The molecule has 2 N–H and O–H groups in total. The summed E-state index contributed by atoms with van der Waals surface area (Å²) in [6.07, 6.45) is 4.55. The van der Waals surface area contributed by atoms with Crippen molar-refractivity contribution >= 4 is 25.3 Å². The second-order valence-corrected chi connectivity index (χ2v) is 14.9. The normalized spacial score (nSPS) is 14.0. The largest absolute Gasteiger partial charge is 0.487 e. The minimum Gasteiger partial charge on any atom is -0.487 e. The van der Waals surface area contributed by atoms with Gasteiger partial charge in [-0.05, 0) is 49.7 Å². The van der Waals surface area contributed by atoms with Gasteiger partial charge in [0.05, 0.1) is 11.6 Å². The van der Waals surface area contributed by atoms with Gasteiger partial charge in [-0.1, -0.05) is 69.3 Å². The highest BCUT2D eigenvalue weighted by Crippen LogP contribution is 2.47. The summed E-state index contributed by atoms with van der Waals surface area (Å²) >= 11 is 0. The van der Waals surface area contributed by atoms with Gasteiger partial charge in [0.2, 0.25) is 0 Å². The number of nitrogens with one attached hydrogen (secondary N) is 1. The van der Waals surface area contributed by atoms with E-state index in [0.29, 0.717) is 13.2 Å². The smallest absolute Gasteiger partial charge is 0.407 e. The topological polar surface area (TPSA) is 87.7 Å². The van der Waals surface area contributed by atoms with Gasteiger partial charge in [0.1, 0.15) is 18.0 Å². The molecule has 2 aromatic heterocycles. The van der Waals surface area contributed by atoms with Crippen LogP contribution in [0.15, 0.2) is 79.3 Å². The van der Waals surface area contributed by atoms with Crippen LogP contribution in [0.3, 0.4) is 0 Å². The molecule has 8 heteroatoms. The number of carboxylic acid groups (broad SMARTS) is 1. The maximum atomic E-state index is 12.6. The minimum atomic E-state index is -2.30. The molecule has 2 heterocycles. The fourth-order valence-corrected chi connectivity index (χ4v) is 8.81. The van der Waals surface area contributed by atoms with Crippen LogP contribution < -0.4 is 4.74 Å². The maximum absolute atomic E-state index is 12.6. The van der Waals surface area contributed by atoms with Gasteiger partial charge in [-0.2, -0.15) is 0 Å². The van der Waals surface area contributed by atoms with Crippen LogP contribution in [-0.4, -0.2) is 47.0 Å². The average molecular weight is 560 g/mol. The summed E-state index contributed by atoms with van der Waals surface area (Å²) in [5.74, 6) is 0.732. The predicted octanol–water partition coefficient (Wildman–Crippen LogP) is 7.80. The molecule has 0 aliphatic heterocycles. The molecule has 7 nitrogen and oxygen atoms in total. The van der Waals surface area contributed by atoms with E-state index >= 15 is 0 Å². The quantitative estimate of drug-likeness (QED) is 0.163. The molecule has 2 atom stereocenters. The van der Waals surface area contributed by atoms with Crippen LogP contribution in [0.2, 0.25) is 18.1 Å². The number of hydrogen-bond acceptors (Lipinski definition) is 4. The van der Waals surface area contributed by atoms with E-state index in [1.165, 1.54) is 4.90 Å². The number of aromatic nitrogens is 2. The summed E-state index contributed by atoms with van der Waals surface area (Å²) in [6, 6.07) is 22.2. The number of aromatic amines is 1. The van der Waals surface area contributed by atoms with Crippen molar-refractivity contribution in [3.8, 4) is 5.75 Å². The molecule has 0 fully saturated rings. The number of likely N-dealkylation sites (N-methyl/N-ethyl adjacent to an activating group) is 1. The zero-order valence-corrected chi connectivity index (χ0v) is 25.2. The van der Waals surface area contributed by atoms with Crippen LogP contribution in [0.25, 0.3) is 10.9 Å². The van der Waals surface area contributed by atoms with Crippen molar-refractivity contribution in [1.29, 1.82) is 0 Å². The molecule has 212 valence electrons. The van der Waals surface area contributed by atoms with E-state index in [1.54, 1.807) is 6.20 Å². The van der Waals surface area contributed by atoms with Crippen molar-refractivity contribution in [2.24, 2.45) is 0 Å². The molecule has 0 bridgehead atoms. The zero-order valence-electron chi connectivity index (χ0n) is 24.2. The summed E-state index contributed by atoms with van der Waals surface area (Å²) in [7, 11) is -2.30. The van der Waals surface area contributed by atoms with E-state index < -0.39 is 26.1 Å². The van der Waals surface area contributed by atoms with Gasteiger partial charge in [-0.3, -0.25) is 4.98 Å². The molecule has 0 unspecified atom stereocenters.